The summed E-state index contributed by atoms with van der Waals surface area (Å²) < 4.78 is 5.39. The van der Waals surface area contributed by atoms with Crippen LogP contribution in [0.5, 0.6) is 0 Å². The Morgan fingerprint density at radius 3 is 2.53 bits per heavy atom. The summed E-state index contributed by atoms with van der Waals surface area (Å²) in [6.07, 6.45) is 16.5. The number of carboxylic acids is 1. The van der Waals surface area contributed by atoms with Crippen LogP contribution in [0.15, 0.2) is 47.6 Å². The first-order valence-electron chi connectivity index (χ1n) is 12.8. The predicted octanol–water partition coefficient (Wildman–Crippen LogP) is 6.93. The van der Waals surface area contributed by atoms with Gasteiger partial charge in [-0.25, -0.2) is 0 Å². The van der Waals surface area contributed by atoms with Gasteiger partial charge in [0, 0.05) is 6.42 Å². The molecule has 0 aliphatic heterocycles. The fourth-order valence-corrected chi connectivity index (χ4v) is 4.55. The van der Waals surface area contributed by atoms with Crippen molar-refractivity contribution in [2.45, 2.75) is 111 Å². The summed E-state index contributed by atoms with van der Waals surface area (Å²) in [5, 5.41) is 19.5. The van der Waals surface area contributed by atoms with Crippen LogP contribution in [-0.4, -0.2) is 33.9 Å². The van der Waals surface area contributed by atoms with Gasteiger partial charge in [0.05, 0.1) is 12.0 Å². The number of allylic oxidation sites excluding steroid dienone is 5. The zero-order valence-electron chi connectivity index (χ0n) is 21.9. The van der Waals surface area contributed by atoms with E-state index >= 15 is 0 Å². The van der Waals surface area contributed by atoms with Crippen LogP contribution in [0.25, 0.3) is 0 Å². The van der Waals surface area contributed by atoms with Gasteiger partial charge in [0.25, 0.3) is 0 Å². The molecule has 2 aliphatic carbocycles. The molecule has 0 amide bonds. The van der Waals surface area contributed by atoms with Gasteiger partial charge < -0.3 is 14.9 Å². The first-order chi connectivity index (χ1) is 16.1. The monoisotopic (exact) mass is 474 g/mol. The van der Waals surface area contributed by atoms with E-state index in [1.54, 1.807) is 0 Å². The Bertz CT molecular complexity index is 775. The molecule has 4 atom stereocenters. The minimum Gasteiger partial charge on any atom is -0.481 e. The molecule has 192 valence electrons. The molecule has 2 rings (SSSR count). The SMILES string of the molecule is C=CCC1CC=C(C)C(OC(=O)CC)C1.CCCCC=C(C)C1CC=C(C)C(O)(CC(=O)O)C1. The van der Waals surface area contributed by atoms with E-state index in [0.29, 0.717) is 18.8 Å². The smallest absolute Gasteiger partial charge is 0.306 e. The van der Waals surface area contributed by atoms with Crippen molar-refractivity contribution in [3.05, 3.63) is 47.6 Å². The third-order valence-electron chi connectivity index (χ3n) is 7.03. The summed E-state index contributed by atoms with van der Waals surface area (Å²) in [5.74, 6) is -0.193. The molecule has 2 N–H and O–H groups in total. The third-order valence-corrected chi connectivity index (χ3v) is 7.03. The lowest BCUT2D eigenvalue weighted by Crippen LogP contribution is -2.38. The Morgan fingerprint density at radius 1 is 1.24 bits per heavy atom. The van der Waals surface area contributed by atoms with Crippen molar-refractivity contribution in [3.63, 3.8) is 0 Å². The highest BCUT2D eigenvalue weighted by atomic mass is 16.5. The average molecular weight is 475 g/mol. The minimum atomic E-state index is -1.17. The summed E-state index contributed by atoms with van der Waals surface area (Å²) in [6, 6.07) is 0. The van der Waals surface area contributed by atoms with Crippen LogP contribution in [-0.2, 0) is 14.3 Å². The van der Waals surface area contributed by atoms with Crippen molar-refractivity contribution in [1.82, 2.24) is 0 Å². The second kappa shape index (κ2) is 15.0. The van der Waals surface area contributed by atoms with Crippen LogP contribution in [0.3, 0.4) is 0 Å². The number of aliphatic carboxylic acids is 1. The number of unbranched alkanes of at least 4 members (excludes halogenated alkanes) is 2. The number of carbonyl (C=O) groups excluding carboxylic acids is 1. The molecule has 5 heteroatoms. The van der Waals surface area contributed by atoms with Crippen LogP contribution in [0.2, 0.25) is 0 Å². The normalized spacial score (nSPS) is 27.0. The van der Waals surface area contributed by atoms with Crippen molar-refractivity contribution in [2.24, 2.45) is 11.8 Å². The number of rotatable bonds is 10. The summed E-state index contributed by atoms with van der Waals surface area (Å²) >= 11 is 0. The highest BCUT2D eigenvalue weighted by molar-refractivity contribution is 5.69. The quantitative estimate of drug-likeness (QED) is 0.204. The van der Waals surface area contributed by atoms with Crippen molar-refractivity contribution in [3.8, 4) is 0 Å². The lowest BCUT2D eigenvalue weighted by Gasteiger charge is -2.36. The fraction of sp³-hybridized carbons (Fsp3) is 0.655. The molecule has 4 unspecified atom stereocenters. The Hall–Kier alpha value is -2.14. The Kier molecular flexibility index (Phi) is 13.2. The summed E-state index contributed by atoms with van der Waals surface area (Å²) in [7, 11) is 0. The molecule has 0 aromatic heterocycles. The van der Waals surface area contributed by atoms with E-state index in [1.165, 1.54) is 24.0 Å². The first-order valence-corrected chi connectivity index (χ1v) is 12.8. The molecule has 0 spiro atoms. The molecule has 0 radical (unpaired) electrons. The number of hydrogen-bond donors (Lipinski definition) is 2. The molecule has 34 heavy (non-hydrogen) atoms. The van der Waals surface area contributed by atoms with Gasteiger partial charge in [-0.3, -0.25) is 9.59 Å². The molecule has 0 saturated heterocycles. The van der Waals surface area contributed by atoms with Crippen molar-refractivity contribution < 1.29 is 24.5 Å². The van der Waals surface area contributed by atoms with Gasteiger partial charge in [-0.1, -0.05) is 56.6 Å². The van der Waals surface area contributed by atoms with E-state index in [9.17, 15) is 14.7 Å². The molecule has 2 aliphatic rings. The number of carboxylic acid groups (broad SMARTS) is 1. The van der Waals surface area contributed by atoms with Crippen LogP contribution in [0.1, 0.15) is 98.8 Å². The van der Waals surface area contributed by atoms with E-state index in [0.717, 1.165) is 37.7 Å². The van der Waals surface area contributed by atoms with Gasteiger partial charge >= 0.3 is 11.9 Å². The van der Waals surface area contributed by atoms with Gasteiger partial charge in [-0.15, -0.1) is 6.58 Å². The van der Waals surface area contributed by atoms with Crippen molar-refractivity contribution >= 4 is 11.9 Å². The highest BCUT2D eigenvalue weighted by Gasteiger charge is 2.37. The maximum absolute atomic E-state index is 11.2. The predicted molar refractivity (Wildman–Crippen MR) is 138 cm³/mol. The molecule has 0 aromatic carbocycles. The van der Waals surface area contributed by atoms with E-state index in [4.69, 9.17) is 9.84 Å². The molecule has 0 aromatic rings. The van der Waals surface area contributed by atoms with Crippen molar-refractivity contribution in [2.75, 3.05) is 0 Å². The third kappa shape index (κ3) is 10.0. The van der Waals surface area contributed by atoms with Gasteiger partial charge in [-0.05, 0) is 82.3 Å². The molecule has 5 nitrogen and oxygen atoms in total. The van der Waals surface area contributed by atoms with Gasteiger partial charge in [-0.2, -0.15) is 0 Å². The van der Waals surface area contributed by atoms with E-state index < -0.39 is 11.6 Å². The maximum atomic E-state index is 11.2. The molecular formula is C29H46O5. The molecular weight excluding hydrogens is 428 g/mol. The Labute approximate surface area is 206 Å². The Balaban J connectivity index is 0.000000350. The van der Waals surface area contributed by atoms with Gasteiger partial charge in [0.2, 0.25) is 0 Å². The fourth-order valence-electron chi connectivity index (χ4n) is 4.55. The number of ether oxygens (including phenoxy) is 1. The molecule has 0 saturated carbocycles. The summed E-state index contributed by atoms with van der Waals surface area (Å²) in [4.78, 5) is 22.1. The standard InChI is InChI=1S/C16H26O3.C13H20O2/c1-4-5-6-7-12(2)14-9-8-13(3)16(19,10-14)11-15(17)18;1-4-6-11-8-7-10(3)12(9-11)15-13(14)5-2/h7-8,14,19H,4-6,9-11H2,1-3H3,(H,17,18);4,7,11-12H,1,5-6,8-9H2,2-3H3. The van der Waals surface area contributed by atoms with Crippen LogP contribution in [0.4, 0.5) is 0 Å². The molecule has 0 fully saturated rings. The summed E-state index contributed by atoms with van der Waals surface area (Å²) in [6.45, 7) is 13.7. The number of aliphatic hydroxyl groups is 1. The lowest BCUT2D eigenvalue weighted by atomic mass is 9.74. The zero-order chi connectivity index (χ0) is 25.7. The molecule has 0 bridgehead atoms. The highest BCUT2D eigenvalue weighted by Crippen LogP contribution is 2.38. The van der Waals surface area contributed by atoms with E-state index in [2.05, 4.69) is 32.6 Å². The average Bonchev–Trinajstić information content (AvgIpc) is 2.78. The number of esters is 1. The van der Waals surface area contributed by atoms with Gasteiger partial charge in [0.15, 0.2) is 0 Å². The first kappa shape index (κ1) is 29.9. The van der Waals surface area contributed by atoms with Crippen LogP contribution < -0.4 is 0 Å². The van der Waals surface area contributed by atoms with Crippen LogP contribution >= 0.6 is 0 Å². The number of hydrogen-bond acceptors (Lipinski definition) is 4. The lowest BCUT2D eigenvalue weighted by molar-refractivity contribution is -0.148. The maximum Gasteiger partial charge on any atom is 0.306 e. The number of carbonyl (C=O) groups is 2. The second-order valence-electron chi connectivity index (χ2n) is 9.86. The minimum absolute atomic E-state index is 0.00356. The summed E-state index contributed by atoms with van der Waals surface area (Å²) in [5.41, 5.74) is 2.10. The second-order valence-corrected chi connectivity index (χ2v) is 9.86. The van der Waals surface area contributed by atoms with E-state index in [1.807, 2.05) is 32.9 Å². The molecule has 0 heterocycles. The van der Waals surface area contributed by atoms with Crippen LogP contribution in [0, 0.1) is 11.8 Å². The van der Waals surface area contributed by atoms with Gasteiger partial charge in [0.1, 0.15) is 6.10 Å². The topological polar surface area (TPSA) is 83.8 Å². The Morgan fingerprint density at radius 2 is 1.94 bits per heavy atom. The van der Waals surface area contributed by atoms with Crippen molar-refractivity contribution in [1.29, 1.82) is 0 Å². The van der Waals surface area contributed by atoms with E-state index in [-0.39, 0.29) is 24.4 Å². The zero-order valence-corrected chi connectivity index (χ0v) is 21.9. The largest absolute Gasteiger partial charge is 0.481 e.